The molecule has 0 bridgehead atoms. The fourth-order valence-corrected chi connectivity index (χ4v) is 4.61. The van der Waals surface area contributed by atoms with Crippen molar-refractivity contribution in [3.63, 3.8) is 0 Å². The van der Waals surface area contributed by atoms with Gasteiger partial charge in [0.25, 0.3) is 0 Å². The van der Waals surface area contributed by atoms with E-state index in [1.165, 1.54) is 0 Å². The van der Waals surface area contributed by atoms with E-state index < -0.39 is 0 Å². The minimum Gasteiger partial charge on any atom is -0.254 e. The van der Waals surface area contributed by atoms with E-state index in [9.17, 15) is 0 Å². The molecule has 15 heavy (non-hydrogen) atoms. The van der Waals surface area contributed by atoms with Gasteiger partial charge in [-0.15, -0.1) is 11.3 Å². The third-order valence-corrected chi connectivity index (χ3v) is 4.79. The number of fused-ring (bicyclic) bond motifs is 3. The van der Waals surface area contributed by atoms with Gasteiger partial charge in [-0.25, -0.2) is 0 Å². The van der Waals surface area contributed by atoms with Crippen LogP contribution >= 0.6 is 43.2 Å². The monoisotopic (exact) mass is 342 g/mol. The molecule has 74 valence electrons. The third-order valence-electron chi connectivity index (χ3n) is 2.21. The van der Waals surface area contributed by atoms with Crippen molar-refractivity contribution in [1.29, 1.82) is 0 Å². The fraction of sp³-hybridized carbons (Fsp3) is 0. The van der Waals surface area contributed by atoms with Gasteiger partial charge in [0.1, 0.15) is 0 Å². The molecule has 3 aromatic rings. The Bertz CT molecular complexity index is 663. The van der Waals surface area contributed by atoms with Crippen molar-refractivity contribution in [2.24, 2.45) is 0 Å². The first-order valence-corrected chi connectivity index (χ1v) is 6.65. The average molecular weight is 344 g/mol. The van der Waals surface area contributed by atoms with Gasteiger partial charge in [0.2, 0.25) is 0 Å². The summed E-state index contributed by atoms with van der Waals surface area (Å²) in [7, 11) is 0. The van der Waals surface area contributed by atoms with Gasteiger partial charge in [0, 0.05) is 23.2 Å². The largest absolute Gasteiger partial charge is 0.254 e. The highest BCUT2D eigenvalue weighted by Crippen LogP contribution is 2.41. The van der Waals surface area contributed by atoms with E-state index in [-0.39, 0.29) is 0 Å². The molecule has 0 amide bonds. The molecule has 0 atom stereocenters. The minimum atomic E-state index is 0.927. The summed E-state index contributed by atoms with van der Waals surface area (Å²) in [5.41, 5.74) is 1.87. The van der Waals surface area contributed by atoms with E-state index in [2.05, 4.69) is 41.8 Å². The second kappa shape index (κ2) is 3.50. The molecule has 0 aliphatic rings. The topological polar surface area (TPSA) is 25.8 Å². The van der Waals surface area contributed by atoms with E-state index in [4.69, 9.17) is 0 Å². The highest BCUT2D eigenvalue weighted by atomic mass is 79.9. The van der Waals surface area contributed by atoms with E-state index in [1.54, 1.807) is 17.5 Å². The van der Waals surface area contributed by atoms with Crippen LogP contribution in [-0.4, -0.2) is 9.97 Å². The van der Waals surface area contributed by atoms with Crippen molar-refractivity contribution >= 4 is 65.0 Å². The van der Waals surface area contributed by atoms with Crippen LogP contribution in [0.15, 0.2) is 32.1 Å². The number of hydrogen-bond acceptors (Lipinski definition) is 3. The second-order valence-electron chi connectivity index (χ2n) is 3.07. The van der Waals surface area contributed by atoms with Gasteiger partial charge in [-0.05, 0) is 44.0 Å². The molecule has 3 heterocycles. The lowest BCUT2D eigenvalue weighted by Crippen LogP contribution is -1.82. The molecule has 2 nitrogen and oxygen atoms in total. The van der Waals surface area contributed by atoms with Gasteiger partial charge in [0.05, 0.1) is 18.6 Å². The number of thiophene rings is 1. The van der Waals surface area contributed by atoms with Crippen molar-refractivity contribution in [1.82, 2.24) is 9.97 Å². The van der Waals surface area contributed by atoms with Crippen molar-refractivity contribution in [2.75, 3.05) is 0 Å². The molecular weight excluding hydrogens is 340 g/mol. The summed E-state index contributed by atoms with van der Waals surface area (Å²) in [6.45, 7) is 0. The van der Waals surface area contributed by atoms with Gasteiger partial charge in [-0.1, -0.05) is 0 Å². The zero-order valence-electron chi connectivity index (χ0n) is 7.37. The fourth-order valence-electron chi connectivity index (χ4n) is 1.55. The van der Waals surface area contributed by atoms with Crippen LogP contribution in [-0.2, 0) is 0 Å². The summed E-state index contributed by atoms with van der Waals surface area (Å²) < 4.78 is 2.18. The van der Waals surface area contributed by atoms with Crippen molar-refractivity contribution in [3.05, 3.63) is 32.1 Å². The van der Waals surface area contributed by atoms with E-state index in [0.717, 1.165) is 29.4 Å². The lowest BCUT2D eigenvalue weighted by Gasteiger charge is -1.97. The van der Waals surface area contributed by atoms with Gasteiger partial charge in [-0.3, -0.25) is 9.97 Å². The smallest absolute Gasteiger partial charge is 0.0985 e. The molecule has 0 aromatic carbocycles. The molecule has 0 spiro atoms. The van der Waals surface area contributed by atoms with Crippen LogP contribution in [0.2, 0.25) is 0 Å². The van der Waals surface area contributed by atoms with Crippen LogP contribution in [0.5, 0.6) is 0 Å². The van der Waals surface area contributed by atoms with Crippen LogP contribution in [0, 0.1) is 0 Å². The van der Waals surface area contributed by atoms with Crippen LogP contribution in [0.25, 0.3) is 21.8 Å². The van der Waals surface area contributed by atoms with Crippen LogP contribution in [0.1, 0.15) is 0 Å². The Morgan fingerprint density at radius 2 is 2.00 bits per heavy atom. The Morgan fingerprint density at radius 1 is 1.13 bits per heavy atom. The lowest BCUT2D eigenvalue weighted by molar-refractivity contribution is 1.37. The zero-order chi connectivity index (χ0) is 10.4. The van der Waals surface area contributed by atoms with Gasteiger partial charge in [-0.2, -0.15) is 0 Å². The minimum absolute atomic E-state index is 0.927. The predicted molar refractivity (Wildman–Crippen MR) is 70.3 cm³/mol. The van der Waals surface area contributed by atoms with Crippen LogP contribution < -0.4 is 0 Å². The number of rotatable bonds is 0. The molecular formula is C10H4Br2N2S. The third kappa shape index (κ3) is 1.41. The standard InChI is InChI=1S/C10H4Br2N2S/c11-9-5-4-14-6-2-1-3-13-8(6)7(5)10(12)15-9/h1-4H. The van der Waals surface area contributed by atoms with Crippen molar-refractivity contribution in [3.8, 4) is 0 Å². The molecule has 3 rings (SSSR count). The molecule has 0 N–H and O–H groups in total. The van der Waals surface area contributed by atoms with E-state index in [1.807, 2.05) is 18.3 Å². The maximum atomic E-state index is 4.38. The highest BCUT2D eigenvalue weighted by molar-refractivity contribution is 9.12. The molecule has 5 heteroatoms. The van der Waals surface area contributed by atoms with Crippen LogP contribution in [0.3, 0.4) is 0 Å². The molecule has 0 saturated heterocycles. The van der Waals surface area contributed by atoms with Gasteiger partial charge >= 0.3 is 0 Å². The lowest BCUT2D eigenvalue weighted by atomic mass is 10.2. The Hall–Kier alpha value is -0.520. The summed E-state index contributed by atoms with van der Waals surface area (Å²) in [6, 6.07) is 3.87. The second-order valence-corrected chi connectivity index (χ2v) is 6.72. The number of halogens is 2. The molecule has 3 aromatic heterocycles. The molecule has 0 saturated carbocycles. The maximum Gasteiger partial charge on any atom is 0.0985 e. The van der Waals surface area contributed by atoms with E-state index >= 15 is 0 Å². The normalized spacial score (nSPS) is 11.3. The molecule has 0 aliphatic heterocycles. The number of hydrogen-bond donors (Lipinski definition) is 0. The summed E-state index contributed by atoms with van der Waals surface area (Å²) in [4.78, 5) is 8.75. The summed E-state index contributed by atoms with van der Waals surface area (Å²) in [5, 5.41) is 2.25. The van der Waals surface area contributed by atoms with Crippen molar-refractivity contribution < 1.29 is 0 Å². The molecule has 0 fully saturated rings. The summed E-state index contributed by atoms with van der Waals surface area (Å²) in [6.07, 6.45) is 3.67. The first-order chi connectivity index (χ1) is 7.27. The highest BCUT2D eigenvalue weighted by Gasteiger charge is 2.11. The number of pyridine rings is 2. The maximum absolute atomic E-state index is 4.38. The van der Waals surface area contributed by atoms with E-state index in [0.29, 0.717) is 0 Å². The Labute approximate surface area is 107 Å². The van der Waals surface area contributed by atoms with Crippen LogP contribution in [0.4, 0.5) is 0 Å². The Balaban J connectivity index is 2.64. The van der Waals surface area contributed by atoms with Gasteiger partial charge < -0.3 is 0 Å². The number of aromatic nitrogens is 2. The first kappa shape index (κ1) is 9.69. The summed E-state index contributed by atoms with van der Waals surface area (Å²) in [5.74, 6) is 0. The first-order valence-electron chi connectivity index (χ1n) is 4.24. The quantitative estimate of drug-likeness (QED) is 0.605. The van der Waals surface area contributed by atoms with Gasteiger partial charge in [0.15, 0.2) is 0 Å². The predicted octanol–water partition coefficient (Wildman–Crippen LogP) is 4.37. The number of nitrogens with zero attached hydrogens (tertiary/aromatic N) is 2. The summed E-state index contributed by atoms with van der Waals surface area (Å²) >= 11 is 8.73. The van der Waals surface area contributed by atoms with Crippen molar-refractivity contribution in [2.45, 2.75) is 0 Å². The Kier molecular flexibility index (Phi) is 2.26. The Morgan fingerprint density at radius 3 is 2.87 bits per heavy atom. The zero-order valence-corrected chi connectivity index (χ0v) is 11.4. The average Bonchev–Trinajstić information content (AvgIpc) is 2.55. The molecule has 0 radical (unpaired) electrons. The SMILES string of the molecule is Brc1sc(Br)c2c1cnc1cccnc12. The molecule has 0 aliphatic carbocycles. The molecule has 0 unspecified atom stereocenters.